The lowest BCUT2D eigenvalue weighted by atomic mass is 10.2. The van der Waals surface area contributed by atoms with Gasteiger partial charge >= 0.3 is 6.09 Å². The Balaban J connectivity index is 0.00000225. The van der Waals surface area contributed by atoms with Crippen LogP contribution in [0.5, 0.6) is 0 Å². The Morgan fingerprint density at radius 2 is 2.19 bits per heavy atom. The van der Waals surface area contributed by atoms with Gasteiger partial charge in [-0.3, -0.25) is 4.90 Å². The van der Waals surface area contributed by atoms with Crippen LogP contribution in [-0.2, 0) is 9.47 Å². The standard InChI is InChI=1S/C10H20N2O3.ClH/c1-10(2,3)15-9(13)12-4-5-14-7-8(12)6-11;/h8H,4-7,11H2,1-3H3;1H/t8-;/m0./s1. The molecule has 1 aliphatic heterocycles. The van der Waals surface area contributed by atoms with Crippen LogP contribution in [0.25, 0.3) is 0 Å². The maximum Gasteiger partial charge on any atom is 0.410 e. The summed E-state index contributed by atoms with van der Waals surface area (Å²) in [6.45, 7) is 7.55. The second-order valence-electron chi connectivity index (χ2n) is 4.64. The number of hydrogen-bond acceptors (Lipinski definition) is 4. The molecule has 16 heavy (non-hydrogen) atoms. The van der Waals surface area contributed by atoms with Crippen LogP contribution in [0.1, 0.15) is 20.8 Å². The molecule has 0 aromatic rings. The highest BCUT2D eigenvalue weighted by Crippen LogP contribution is 2.13. The average Bonchev–Trinajstić information content (AvgIpc) is 2.15. The number of ether oxygens (including phenoxy) is 2. The van der Waals surface area contributed by atoms with Gasteiger partial charge < -0.3 is 15.2 Å². The summed E-state index contributed by atoms with van der Waals surface area (Å²) in [5, 5.41) is 0. The summed E-state index contributed by atoms with van der Waals surface area (Å²) >= 11 is 0. The molecule has 0 aliphatic carbocycles. The lowest BCUT2D eigenvalue weighted by molar-refractivity contribution is -0.0299. The molecule has 1 aliphatic rings. The van der Waals surface area contributed by atoms with Gasteiger partial charge in [0, 0.05) is 13.1 Å². The van der Waals surface area contributed by atoms with Gasteiger partial charge in [-0.05, 0) is 20.8 Å². The Hall–Kier alpha value is -0.520. The first-order valence-electron chi connectivity index (χ1n) is 5.21. The molecule has 1 saturated heterocycles. The van der Waals surface area contributed by atoms with Gasteiger partial charge in [0.15, 0.2) is 0 Å². The minimum Gasteiger partial charge on any atom is -0.444 e. The SMILES string of the molecule is CC(C)(C)OC(=O)N1CCOC[C@@H]1CN.Cl. The predicted molar refractivity (Wildman–Crippen MR) is 63.8 cm³/mol. The van der Waals surface area contributed by atoms with Crippen LogP contribution in [0, 0.1) is 0 Å². The van der Waals surface area contributed by atoms with Crippen LogP contribution in [0.15, 0.2) is 0 Å². The zero-order valence-corrected chi connectivity index (χ0v) is 10.9. The van der Waals surface area contributed by atoms with E-state index < -0.39 is 5.60 Å². The van der Waals surface area contributed by atoms with Gasteiger partial charge in [-0.1, -0.05) is 0 Å². The van der Waals surface area contributed by atoms with E-state index in [0.717, 1.165) is 0 Å². The number of carbonyl (C=O) groups excluding carboxylic acids is 1. The number of nitrogens with zero attached hydrogens (tertiary/aromatic N) is 1. The Morgan fingerprint density at radius 1 is 1.56 bits per heavy atom. The lowest BCUT2D eigenvalue weighted by Crippen LogP contribution is -2.53. The number of hydrogen-bond donors (Lipinski definition) is 1. The number of morpholine rings is 1. The normalized spacial score (nSPS) is 21.2. The highest BCUT2D eigenvalue weighted by molar-refractivity contribution is 5.85. The maximum absolute atomic E-state index is 11.8. The molecule has 2 N–H and O–H groups in total. The third-order valence-corrected chi connectivity index (χ3v) is 2.13. The van der Waals surface area contributed by atoms with Crippen molar-refractivity contribution in [3.05, 3.63) is 0 Å². The van der Waals surface area contributed by atoms with Crippen molar-refractivity contribution in [2.24, 2.45) is 5.73 Å². The summed E-state index contributed by atoms with van der Waals surface area (Å²) in [7, 11) is 0. The Kier molecular flexibility index (Phi) is 6.07. The summed E-state index contributed by atoms with van der Waals surface area (Å²) in [6, 6.07) is -0.0615. The molecule has 0 aromatic heterocycles. The predicted octanol–water partition coefficient (Wildman–Crippen LogP) is 1.00. The zero-order valence-electron chi connectivity index (χ0n) is 10.1. The summed E-state index contributed by atoms with van der Waals surface area (Å²) in [4.78, 5) is 13.4. The molecule has 0 unspecified atom stereocenters. The molecule has 0 aromatic carbocycles. The van der Waals surface area contributed by atoms with Gasteiger partial charge in [0.2, 0.25) is 0 Å². The Morgan fingerprint density at radius 3 is 2.69 bits per heavy atom. The summed E-state index contributed by atoms with van der Waals surface area (Å²) in [5.74, 6) is 0. The molecule has 1 rings (SSSR count). The molecule has 0 radical (unpaired) electrons. The largest absolute Gasteiger partial charge is 0.444 e. The summed E-state index contributed by atoms with van der Waals surface area (Å²) in [5.41, 5.74) is 5.10. The second-order valence-corrected chi connectivity index (χ2v) is 4.64. The number of carbonyl (C=O) groups is 1. The van der Waals surface area contributed by atoms with Crippen molar-refractivity contribution < 1.29 is 14.3 Å². The van der Waals surface area contributed by atoms with Crippen molar-refractivity contribution in [3.63, 3.8) is 0 Å². The smallest absolute Gasteiger partial charge is 0.410 e. The van der Waals surface area contributed by atoms with Crippen molar-refractivity contribution in [2.45, 2.75) is 32.4 Å². The molecule has 96 valence electrons. The monoisotopic (exact) mass is 252 g/mol. The van der Waals surface area contributed by atoms with Gasteiger partial charge in [-0.2, -0.15) is 0 Å². The van der Waals surface area contributed by atoms with E-state index in [1.165, 1.54) is 0 Å². The van der Waals surface area contributed by atoms with E-state index >= 15 is 0 Å². The van der Waals surface area contributed by atoms with E-state index in [2.05, 4.69) is 0 Å². The van der Waals surface area contributed by atoms with E-state index in [9.17, 15) is 4.79 Å². The molecule has 1 atom stereocenters. The van der Waals surface area contributed by atoms with Crippen LogP contribution < -0.4 is 5.73 Å². The molecular formula is C10H21ClN2O3. The third kappa shape index (κ3) is 4.55. The highest BCUT2D eigenvalue weighted by Gasteiger charge is 2.29. The first-order chi connectivity index (χ1) is 6.94. The third-order valence-electron chi connectivity index (χ3n) is 2.13. The van der Waals surface area contributed by atoms with Gasteiger partial charge in [-0.25, -0.2) is 4.79 Å². The Bertz CT molecular complexity index is 231. The lowest BCUT2D eigenvalue weighted by Gasteiger charge is -2.35. The van der Waals surface area contributed by atoms with Crippen molar-refractivity contribution in [1.29, 1.82) is 0 Å². The molecule has 1 fully saturated rings. The van der Waals surface area contributed by atoms with E-state index in [4.69, 9.17) is 15.2 Å². The minimum absolute atomic E-state index is 0. The van der Waals surface area contributed by atoms with Crippen molar-refractivity contribution in [3.8, 4) is 0 Å². The first kappa shape index (κ1) is 15.5. The summed E-state index contributed by atoms with van der Waals surface area (Å²) < 4.78 is 10.5. The molecular weight excluding hydrogens is 232 g/mol. The fourth-order valence-electron chi connectivity index (χ4n) is 1.41. The fraction of sp³-hybridized carbons (Fsp3) is 0.900. The van der Waals surface area contributed by atoms with Crippen LogP contribution in [-0.4, -0.2) is 48.9 Å². The summed E-state index contributed by atoms with van der Waals surface area (Å²) in [6.07, 6.45) is -0.304. The molecule has 0 spiro atoms. The number of rotatable bonds is 1. The van der Waals surface area contributed by atoms with E-state index in [1.54, 1.807) is 4.90 Å². The molecule has 0 saturated carbocycles. The molecule has 0 bridgehead atoms. The molecule has 5 nitrogen and oxygen atoms in total. The van der Waals surface area contributed by atoms with Gasteiger partial charge in [0.25, 0.3) is 0 Å². The van der Waals surface area contributed by atoms with Crippen molar-refractivity contribution in [2.75, 3.05) is 26.3 Å². The number of amides is 1. The zero-order chi connectivity index (χ0) is 11.5. The highest BCUT2D eigenvalue weighted by atomic mass is 35.5. The number of nitrogens with two attached hydrogens (primary N) is 1. The number of halogens is 1. The van der Waals surface area contributed by atoms with Crippen LogP contribution >= 0.6 is 12.4 Å². The van der Waals surface area contributed by atoms with E-state index in [0.29, 0.717) is 26.3 Å². The van der Waals surface area contributed by atoms with E-state index in [-0.39, 0.29) is 24.5 Å². The maximum atomic E-state index is 11.8. The van der Waals surface area contributed by atoms with Gasteiger partial charge in [-0.15, -0.1) is 12.4 Å². The van der Waals surface area contributed by atoms with Gasteiger partial charge in [0.1, 0.15) is 5.60 Å². The van der Waals surface area contributed by atoms with Crippen LogP contribution in [0.3, 0.4) is 0 Å². The molecule has 1 amide bonds. The second kappa shape index (κ2) is 6.27. The van der Waals surface area contributed by atoms with E-state index in [1.807, 2.05) is 20.8 Å². The molecule has 1 heterocycles. The fourth-order valence-corrected chi connectivity index (χ4v) is 1.41. The minimum atomic E-state index is -0.464. The molecule has 6 heteroatoms. The van der Waals surface area contributed by atoms with Gasteiger partial charge in [0.05, 0.1) is 19.3 Å². The van der Waals surface area contributed by atoms with Crippen LogP contribution in [0.4, 0.5) is 4.79 Å². The quantitative estimate of drug-likeness (QED) is 0.756. The topological polar surface area (TPSA) is 64.8 Å². The van der Waals surface area contributed by atoms with Crippen LogP contribution in [0.2, 0.25) is 0 Å². The van der Waals surface area contributed by atoms with Crippen molar-refractivity contribution >= 4 is 18.5 Å². The average molecular weight is 253 g/mol. The Labute approximate surface area is 103 Å². The van der Waals surface area contributed by atoms with Crippen molar-refractivity contribution in [1.82, 2.24) is 4.90 Å². The first-order valence-corrected chi connectivity index (χ1v) is 5.21.